The first kappa shape index (κ1) is 13.2. The SMILES string of the molecule is CCCc1ccc(Oc2nc(NN)ncc2F)cc1. The Balaban J connectivity index is 2.16. The zero-order valence-electron chi connectivity index (χ0n) is 10.6. The first-order valence-electron chi connectivity index (χ1n) is 5.99. The van der Waals surface area contributed by atoms with Gasteiger partial charge in [0, 0.05) is 0 Å². The van der Waals surface area contributed by atoms with E-state index >= 15 is 0 Å². The van der Waals surface area contributed by atoms with Gasteiger partial charge in [-0.15, -0.1) is 0 Å². The van der Waals surface area contributed by atoms with Crippen molar-refractivity contribution < 1.29 is 9.13 Å². The van der Waals surface area contributed by atoms with Crippen LogP contribution < -0.4 is 16.0 Å². The molecule has 1 aromatic heterocycles. The number of nitrogen functional groups attached to an aromatic ring is 1. The maximum Gasteiger partial charge on any atom is 0.260 e. The van der Waals surface area contributed by atoms with Crippen molar-refractivity contribution in [3.05, 3.63) is 41.8 Å². The number of benzene rings is 1. The summed E-state index contributed by atoms with van der Waals surface area (Å²) in [7, 11) is 0. The lowest BCUT2D eigenvalue weighted by atomic mass is 10.1. The Morgan fingerprint density at radius 3 is 2.68 bits per heavy atom. The first-order valence-corrected chi connectivity index (χ1v) is 5.99. The van der Waals surface area contributed by atoms with E-state index in [1.54, 1.807) is 12.1 Å². The second-order valence-corrected chi connectivity index (χ2v) is 3.99. The zero-order chi connectivity index (χ0) is 13.7. The smallest absolute Gasteiger partial charge is 0.260 e. The Labute approximate surface area is 110 Å². The number of anilines is 1. The molecule has 0 radical (unpaired) electrons. The van der Waals surface area contributed by atoms with Crippen molar-refractivity contribution in [3.63, 3.8) is 0 Å². The Hall–Kier alpha value is -2.21. The Morgan fingerprint density at radius 2 is 2.05 bits per heavy atom. The van der Waals surface area contributed by atoms with Crippen LogP contribution in [0.25, 0.3) is 0 Å². The minimum atomic E-state index is -0.642. The summed E-state index contributed by atoms with van der Waals surface area (Å²) in [6, 6.07) is 7.45. The molecule has 0 aliphatic rings. The molecule has 2 rings (SSSR count). The van der Waals surface area contributed by atoms with Crippen molar-refractivity contribution in [1.82, 2.24) is 9.97 Å². The molecule has 1 aromatic carbocycles. The second-order valence-electron chi connectivity index (χ2n) is 3.99. The van der Waals surface area contributed by atoms with E-state index in [-0.39, 0.29) is 11.8 Å². The predicted molar refractivity (Wildman–Crippen MR) is 70.3 cm³/mol. The highest BCUT2D eigenvalue weighted by molar-refractivity contribution is 5.33. The number of aryl methyl sites for hydroxylation is 1. The Bertz CT molecular complexity index is 545. The van der Waals surface area contributed by atoms with Crippen LogP contribution in [-0.4, -0.2) is 9.97 Å². The molecule has 0 unspecified atom stereocenters. The molecule has 1 heterocycles. The molecule has 0 atom stereocenters. The summed E-state index contributed by atoms with van der Waals surface area (Å²) >= 11 is 0. The molecule has 0 aliphatic heterocycles. The quantitative estimate of drug-likeness (QED) is 0.640. The second kappa shape index (κ2) is 6.10. The summed E-state index contributed by atoms with van der Waals surface area (Å²) in [6.07, 6.45) is 3.08. The van der Waals surface area contributed by atoms with Crippen LogP contribution in [-0.2, 0) is 6.42 Å². The third kappa shape index (κ3) is 3.38. The summed E-state index contributed by atoms with van der Waals surface area (Å²) in [4.78, 5) is 7.44. The number of rotatable bonds is 5. The number of nitrogens with one attached hydrogen (secondary N) is 1. The molecule has 0 spiro atoms. The average molecular weight is 262 g/mol. The van der Waals surface area contributed by atoms with Gasteiger partial charge in [0.15, 0.2) is 0 Å². The molecule has 0 bridgehead atoms. The van der Waals surface area contributed by atoms with E-state index < -0.39 is 5.82 Å². The van der Waals surface area contributed by atoms with Crippen LogP contribution in [0.15, 0.2) is 30.5 Å². The van der Waals surface area contributed by atoms with Gasteiger partial charge in [-0.05, 0) is 24.1 Å². The minimum Gasteiger partial charge on any atom is -0.436 e. The summed E-state index contributed by atoms with van der Waals surface area (Å²) in [5, 5.41) is 0. The van der Waals surface area contributed by atoms with Crippen LogP contribution in [0.1, 0.15) is 18.9 Å². The maximum atomic E-state index is 13.5. The topological polar surface area (TPSA) is 73.1 Å². The van der Waals surface area contributed by atoms with Crippen molar-refractivity contribution in [1.29, 1.82) is 0 Å². The summed E-state index contributed by atoms with van der Waals surface area (Å²) < 4.78 is 18.8. The van der Waals surface area contributed by atoms with Crippen molar-refractivity contribution in [2.24, 2.45) is 5.84 Å². The number of hydrazine groups is 1. The highest BCUT2D eigenvalue weighted by Crippen LogP contribution is 2.23. The van der Waals surface area contributed by atoms with Crippen molar-refractivity contribution in [2.45, 2.75) is 19.8 Å². The van der Waals surface area contributed by atoms with Crippen LogP contribution >= 0.6 is 0 Å². The molecular weight excluding hydrogens is 247 g/mol. The third-order valence-electron chi connectivity index (χ3n) is 2.52. The van der Waals surface area contributed by atoms with Gasteiger partial charge in [-0.25, -0.2) is 10.8 Å². The van der Waals surface area contributed by atoms with E-state index in [4.69, 9.17) is 10.6 Å². The fourth-order valence-corrected chi connectivity index (χ4v) is 1.62. The van der Waals surface area contributed by atoms with Crippen molar-refractivity contribution >= 4 is 5.95 Å². The highest BCUT2D eigenvalue weighted by Gasteiger charge is 2.09. The van der Waals surface area contributed by atoms with E-state index in [0.717, 1.165) is 19.0 Å². The third-order valence-corrected chi connectivity index (χ3v) is 2.52. The number of ether oxygens (including phenoxy) is 1. The number of hydrogen-bond acceptors (Lipinski definition) is 5. The normalized spacial score (nSPS) is 10.3. The number of hydrogen-bond donors (Lipinski definition) is 2. The molecule has 0 saturated carbocycles. The standard InChI is InChI=1S/C13H15FN4O/c1-2-3-9-4-6-10(7-5-9)19-12-11(14)8-16-13(17-12)18-15/h4-8H,2-3,15H2,1H3,(H,16,17,18). The lowest BCUT2D eigenvalue weighted by molar-refractivity contribution is 0.420. The summed E-state index contributed by atoms with van der Waals surface area (Å²) in [5.41, 5.74) is 3.45. The van der Waals surface area contributed by atoms with Gasteiger partial charge in [0.2, 0.25) is 11.8 Å². The van der Waals surface area contributed by atoms with Gasteiger partial charge in [0.25, 0.3) is 5.88 Å². The molecule has 5 nitrogen and oxygen atoms in total. The number of halogens is 1. The van der Waals surface area contributed by atoms with Gasteiger partial charge in [-0.1, -0.05) is 25.5 Å². The Kier molecular flexibility index (Phi) is 4.25. The largest absolute Gasteiger partial charge is 0.436 e. The Morgan fingerprint density at radius 1 is 1.32 bits per heavy atom. The van der Waals surface area contributed by atoms with Gasteiger partial charge >= 0.3 is 0 Å². The molecule has 6 heteroatoms. The summed E-state index contributed by atoms with van der Waals surface area (Å²) in [5.74, 6) is 4.97. The van der Waals surface area contributed by atoms with Gasteiger partial charge in [0.1, 0.15) is 5.75 Å². The predicted octanol–water partition coefficient (Wildman–Crippen LogP) is 2.65. The summed E-state index contributed by atoms with van der Waals surface area (Å²) in [6.45, 7) is 2.11. The molecule has 3 N–H and O–H groups in total. The van der Waals surface area contributed by atoms with Crippen LogP contribution in [0.4, 0.5) is 10.3 Å². The number of nitrogens with zero attached hydrogens (tertiary/aromatic N) is 2. The van der Waals surface area contributed by atoms with Crippen molar-refractivity contribution in [2.75, 3.05) is 5.43 Å². The molecule has 100 valence electrons. The molecule has 0 saturated heterocycles. The lowest BCUT2D eigenvalue weighted by Gasteiger charge is -2.07. The van der Waals surface area contributed by atoms with Crippen molar-refractivity contribution in [3.8, 4) is 11.6 Å². The van der Waals surface area contributed by atoms with Crippen LogP contribution in [0, 0.1) is 5.82 Å². The fraction of sp³-hybridized carbons (Fsp3) is 0.231. The molecule has 0 aliphatic carbocycles. The van der Waals surface area contributed by atoms with Gasteiger partial charge in [-0.3, -0.25) is 5.43 Å². The highest BCUT2D eigenvalue weighted by atomic mass is 19.1. The number of aromatic nitrogens is 2. The van der Waals surface area contributed by atoms with E-state index in [2.05, 4.69) is 22.3 Å². The van der Waals surface area contributed by atoms with Crippen LogP contribution in [0.2, 0.25) is 0 Å². The zero-order valence-corrected chi connectivity index (χ0v) is 10.6. The van der Waals surface area contributed by atoms with E-state index in [1.807, 2.05) is 12.1 Å². The van der Waals surface area contributed by atoms with Gasteiger partial charge in [-0.2, -0.15) is 9.37 Å². The van der Waals surface area contributed by atoms with E-state index in [0.29, 0.717) is 5.75 Å². The number of nitrogens with two attached hydrogens (primary N) is 1. The maximum absolute atomic E-state index is 13.5. The molecule has 19 heavy (non-hydrogen) atoms. The van der Waals surface area contributed by atoms with E-state index in [1.165, 1.54) is 5.56 Å². The van der Waals surface area contributed by atoms with Crippen LogP contribution in [0.5, 0.6) is 11.6 Å². The minimum absolute atomic E-state index is 0.0963. The van der Waals surface area contributed by atoms with Gasteiger partial charge in [0.05, 0.1) is 6.20 Å². The molecule has 0 amide bonds. The fourth-order valence-electron chi connectivity index (χ4n) is 1.62. The van der Waals surface area contributed by atoms with Gasteiger partial charge < -0.3 is 4.74 Å². The molecule has 0 fully saturated rings. The molecular formula is C13H15FN4O. The van der Waals surface area contributed by atoms with E-state index in [9.17, 15) is 4.39 Å². The average Bonchev–Trinajstić information content (AvgIpc) is 2.44. The lowest BCUT2D eigenvalue weighted by Crippen LogP contribution is -2.11. The molecule has 2 aromatic rings. The first-order chi connectivity index (χ1) is 9.22. The van der Waals surface area contributed by atoms with Crippen LogP contribution in [0.3, 0.4) is 0 Å². The monoisotopic (exact) mass is 262 g/mol.